The van der Waals surface area contributed by atoms with E-state index in [0.29, 0.717) is 11.1 Å². The van der Waals surface area contributed by atoms with Crippen LogP contribution < -0.4 is 5.32 Å². The molecule has 1 N–H and O–H groups in total. The molecule has 4 aromatic rings. The van der Waals surface area contributed by atoms with Crippen LogP contribution in [0.15, 0.2) is 71.3 Å². The second-order valence-electron chi connectivity index (χ2n) is 7.07. The van der Waals surface area contributed by atoms with Crippen molar-refractivity contribution in [2.45, 2.75) is 26.0 Å². The van der Waals surface area contributed by atoms with Crippen molar-refractivity contribution in [3.63, 3.8) is 0 Å². The first-order valence-corrected chi connectivity index (χ1v) is 9.61. The van der Waals surface area contributed by atoms with E-state index in [1.165, 1.54) is 19.1 Å². The molecule has 1 amide bonds. The van der Waals surface area contributed by atoms with Crippen LogP contribution in [0, 0.1) is 5.82 Å². The van der Waals surface area contributed by atoms with Crippen molar-refractivity contribution in [3.05, 3.63) is 83.9 Å². The fourth-order valence-corrected chi connectivity index (χ4v) is 3.39. The molecule has 0 bridgehead atoms. The van der Waals surface area contributed by atoms with Gasteiger partial charge in [-0.05, 0) is 41.5 Å². The number of rotatable bonds is 6. The average Bonchev–Trinajstić information content (AvgIpc) is 3.16. The molecule has 0 radical (unpaired) electrons. The number of esters is 1. The summed E-state index contributed by atoms with van der Waals surface area (Å²) in [5.41, 5.74) is 2.16. The van der Waals surface area contributed by atoms with E-state index in [1.54, 1.807) is 18.4 Å². The van der Waals surface area contributed by atoms with Crippen LogP contribution in [0.25, 0.3) is 21.7 Å². The van der Waals surface area contributed by atoms with Gasteiger partial charge < -0.3 is 14.5 Å². The average molecular weight is 405 g/mol. The number of hydrogen-bond donors (Lipinski definition) is 1. The maximum atomic E-state index is 12.9. The summed E-state index contributed by atoms with van der Waals surface area (Å²) in [4.78, 5) is 24.7. The third kappa shape index (κ3) is 4.17. The van der Waals surface area contributed by atoms with Crippen LogP contribution in [-0.2, 0) is 27.3 Å². The Hall–Kier alpha value is -3.67. The van der Waals surface area contributed by atoms with Gasteiger partial charge >= 0.3 is 5.97 Å². The van der Waals surface area contributed by atoms with Gasteiger partial charge in [-0.25, -0.2) is 4.39 Å². The Kier molecular flexibility index (Phi) is 5.48. The normalized spacial score (nSPS) is 12.1. The van der Waals surface area contributed by atoms with Crippen molar-refractivity contribution in [2.24, 2.45) is 0 Å². The number of halogens is 1. The molecule has 5 nitrogen and oxygen atoms in total. The van der Waals surface area contributed by atoms with E-state index < -0.39 is 18.0 Å². The fourth-order valence-electron chi connectivity index (χ4n) is 3.39. The molecule has 6 heteroatoms. The van der Waals surface area contributed by atoms with Crippen molar-refractivity contribution >= 4 is 33.6 Å². The summed E-state index contributed by atoms with van der Waals surface area (Å²) in [5, 5.41) is 5.60. The molecule has 0 saturated heterocycles. The van der Waals surface area contributed by atoms with E-state index in [-0.39, 0.29) is 18.8 Å². The molecule has 152 valence electrons. The Labute approximate surface area is 172 Å². The SMILES string of the molecule is C[C@H](OC(=O)Cc1coc2ccc3ccccc3c12)C(=O)NCc1ccc(F)cc1. The van der Waals surface area contributed by atoms with Crippen molar-refractivity contribution < 1.29 is 23.1 Å². The lowest BCUT2D eigenvalue weighted by molar-refractivity contribution is -0.154. The van der Waals surface area contributed by atoms with E-state index in [0.717, 1.165) is 21.7 Å². The zero-order chi connectivity index (χ0) is 21.1. The summed E-state index contributed by atoms with van der Waals surface area (Å²) in [6.07, 6.45) is 0.599. The maximum absolute atomic E-state index is 12.9. The maximum Gasteiger partial charge on any atom is 0.311 e. The minimum absolute atomic E-state index is 0.00338. The first kappa shape index (κ1) is 19.6. The number of furan rings is 1. The van der Waals surface area contributed by atoms with Gasteiger partial charge in [0.15, 0.2) is 6.10 Å². The number of benzene rings is 3. The lowest BCUT2D eigenvalue weighted by atomic mass is 10.0. The van der Waals surface area contributed by atoms with Gasteiger partial charge in [0.1, 0.15) is 11.4 Å². The predicted octanol–water partition coefficient (Wildman–Crippen LogP) is 4.52. The van der Waals surface area contributed by atoms with E-state index in [1.807, 2.05) is 36.4 Å². The summed E-state index contributed by atoms with van der Waals surface area (Å²) in [6.45, 7) is 1.74. The molecular formula is C24H20FNO4. The predicted molar refractivity (Wildman–Crippen MR) is 111 cm³/mol. The van der Waals surface area contributed by atoms with Gasteiger partial charge in [0.2, 0.25) is 0 Å². The standard InChI is InChI=1S/C24H20FNO4/c1-15(24(28)26-13-16-6-9-19(25)10-7-16)30-22(27)12-18-14-29-21-11-8-17-4-2-3-5-20(17)23(18)21/h2-11,14-15H,12-13H2,1H3,(H,26,28)/t15-/m0/s1. The molecular weight excluding hydrogens is 385 g/mol. The number of carbonyl (C=O) groups excluding carboxylic acids is 2. The van der Waals surface area contributed by atoms with Crippen LogP contribution in [0.2, 0.25) is 0 Å². The third-order valence-corrected chi connectivity index (χ3v) is 4.93. The Morgan fingerprint density at radius 1 is 1.07 bits per heavy atom. The van der Waals surface area contributed by atoms with Crippen LogP contribution in [0.1, 0.15) is 18.1 Å². The third-order valence-electron chi connectivity index (χ3n) is 4.93. The smallest absolute Gasteiger partial charge is 0.311 e. The summed E-state index contributed by atoms with van der Waals surface area (Å²) in [6, 6.07) is 17.5. The van der Waals surface area contributed by atoms with E-state index in [4.69, 9.17) is 9.15 Å². The Bertz CT molecular complexity index is 1210. The molecule has 0 aliphatic heterocycles. The van der Waals surface area contributed by atoms with Crippen LogP contribution >= 0.6 is 0 Å². The number of hydrogen-bond acceptors (Lipinski definition) is 4. The second-order valence-corrected chi connectivity index (χ2v) is 7.07. The highest BCUT2D eigenvalue weighted by Crippen LogP contribution is 2.30. The molecule has 0 aliphatic rings. The molecule has 4 rings (SSSR count). The molecule has 0 aliphatic carbocycles. The topological polar surface area (TPSA) is 68.5 Å². The van der Waals surface area contributed by atoms with Crippen LogP contribution in [0.4, 0.5) is 4.39 Å². The zero-order valence-electron chi connectivity index (χ0n) is 16.4. The summed E-state index contributed by atoms with van der Waals surface area (Å²) in [7, 11) is 0. The number of nitrogens with one attached hydrogen (secondary N) is 1. The summed E-state index contributed by atoms with van der Waals surface area (Å²) < 4.78 is 23.8. The second kappa shape index (κ2) is 8.37. The van der Waals surface area contributed by atoms with Crippen LogP contribution in [0.5, 0.6) is 0 Å². The van der Waals surface area contributed by atoms with Gasteiger partial charge in [-0.3, -0.25) is 9.59 Å². The zero-order valence-corrected chi connectivity index (χ0v) is 16.4. The van der Waals surface area contributed by atoms with Crippen molar-refractivity contribution in [3.8, 4) is 0 Å². The molecule has 3 aromatic carbocycles. The van der Waals surface area contributed by atoms with Crippen molar-refractivity contribution in [2.75, 3.05) is 0 Å². The number of amides is 1. The van der Waals surface area contributed by atoms with Gasteiger partial charge in [0, 0.05) is 17.5 Å². The number of carbonyl (C=O) groups is 2. The largest absolute Gasteiger partial charge is 0.464 e. The highest BCUT2D eigenvalue weighted by Gasteiger charge is 2.20. The molecule has 0 fully saturated rings. The van der Waals surface area contributed by atoms with Gasteiger partial charge in [0.25, 0.3) is 5.91 Å². The first-order chi connectivity index (χ1) is 14.5. The summed E-state index contributed by atoms with van der Waals surface area (Å²) in [5.74, 6) is -1.28. The van der Waals surface area contributed by atoms with Gasteiger partial charge in [-0.15, -0.1) is 0 Å². The lowest BCUT2D eigenvalue weighted by Gasteiger charge is -2.13. The van der Waals surface area contributed by atoms with Crippen LogP contribution in [0.3, 0.4) is 0 Å². The number of ether oxygens (including phenoxy) is 1. The van der Waals surface area contributed by atoms with Crippen LogP contribution in [-0.4, -0.2) is 18.0 Å². The minimum atomic E-state index is -0.951. The van der Waals surface area contributed by atoms with Gasteiger partial charge in [-0.2, -0.15) is 0 Å². The monoisotopic (exact) mass is 405 g/mol. The molecule has 0 unspecified atom stereocenters. The number of fused-ring (bicyclic) bond motifs is 3. The van der Waals surface area contributed by atoms with Gasteiger partial charge in [0.05, 0.1) is 12.7 Å². The fraction of sp³-hybridized carbons (Fsp3) is 0.167. The molecule has 30 heavy (non-hydrogen) atoms. The minimum Gasteiger partial charge on any atom is -0.464 e. The van der Waals surface area contributed by atoms with E-state index in [2.05, 4.69) is 5.32 Å². The summed E-state index contributed by atoms with van der Waals surface area (Å²) >= 11 is 0. The molecule has 1 heterocycles. The highest BCUT2D eigenvalue weighted by atomic mass is 19.1. The highest BCUT2D eigenvalue weighted by molar-refractivity contribution is 6.08. The van der Waals surface area contributed by atoms with Crippen molar-refractivity contribution in [1.82, 2.24) is 5.32 Å². The lowest BCUT2D eigenvalue weighted by Crippen LogP contribution is -2.35. The molecule has 1 aromatic heterocycles. The quantitative estimate of drug-likeness (QED) is 0.479. The first-order valence-electron chi connectivity index (χ1n) is 9.61. The molecule has 0 saturated carbocycles. The van der Waals surface area contributed by atoms with Crippen molar-refractivity contribution in [1.29, 1.82) is 0 Å². The van der Waals surface area contributed by atoms with E-state index >= 15 is 0 Å². The van der Waals surface area contributed by atoms with Gasteiger partial charge in [-0.1, -0.05) is 42.5 Å². The van der Waals surface area contributed by atoms with E-state index in [9.17, 15) is 14.0 Å². The molecule has 1 atom stereocenters. The Morgan fingerprint density at radius 3 is 2.63 bits per heavy atom. The Morgan fingerprint density at radius 2 is 1.83 bits per heavy atom. The Balaban J connectivity index is 1.40. The molecule has 0 spiro atoms.